The zero-order chi connectivity index (χ0) is 15.8. The van der Waals surface area contributed by atoms with Crippen LogP contribution in [0.5, 0.6) is 0 Å². The normalized spacial score (nSPS) is 11.4. The number of aromatic nitrogens is 1. The molecule has 4 nitrogen and oxygen atoms in total. The lowest BCUT2D eigenvalue weighted by molar-refractivity contribution is -0.117. The van der Waals surface area contributed by atoms with Crippen LogP contribution in [0.2, 0.25) is 0 Å². The molecule has 0 spiro atoms. The Bertz CT molecular complexity index is 706. The SMILES string of the molecule is CCCCCCNC(=O)C(C#N)=Cc1c[nH]c2ccccc12. The first-order chi connectivity index (χ1) is 10.8. The molecule has 0 aliphatic carbocycles. The first-order valence-corrected chi connectivity index (χ1v) is 7.72. The van der Waals surface area contributed by atoms with E-state index in [0.717, 1.165) is 35.7 Å². The van der Waals surface area contributed by atoms with Gasteiger partial charge in [-0.1, -0.05) is 44.4 Å². The van der Waals surface area contributed by atoms with E-state index in [4.69, 9.17) is 0 Å². The Balaban J connectivity index is 2.04. The molecule has 1 aromatic heterocycles. The zero-order valence-corrected chi connectivity index (χ0v) is 12.9. The fourth-order valence-corrected chi connectivity index (χ4v) is 2.37. The van der Waals surface area contributed by atoms with Gasteiger partial charge in [-0.2, -0.15) is 5.26 Å². The summed E-state index contributed by atoms with van der Waals surface area (Å²) in [6.45, 7) is 2.77. The smallest absolute Gasteiger partial charge is 0.261 e. The number of nitriles is 1. The van der Waals surface area contributed by atoms with Crippen LogP contribution in [0.3, 0.4) is 0 Å². The Morgan fingerprint density at radius 2 is 2.14 bits per heavy atom. The number of unbranched alkanes of at least 4 members (excludes halogenated alkanes) is 3. The van der Waals surface area contributed by atoms with Gasteiger partial charge in [0.05, 0.1) is 0 Å². The Morgan fingerprint density at radius 3 is 2.91 bits per heavy atom. The molecule has 0 bridgehead atoms. The van der Waals surface area contributed by atoms with Gasteiger partial charge in [0.15, 0.2) is 0 Å². The molecule has 4 heteroatoms. The molecule has 0 saturated heterocycles. The molecule has 2 aromatic rings. The molecule has 0 aliphatic rings. The highest BCUT2D eigenvalue weighted by molar-refractivity contribution is 6.03. The maximum absolute atomic E-state index is 12.1. The van der Waals surface area contributed by atoms with Crippen LogP contribution >= 0.6 is 0 Å². The fraction of sp³-hybridized carbons (Fsp3) is 0.333. The van der Waals surface area contributed by atoms with Gasteiger partial charge in [0, 0.05) is 29.2 Å². The molecule has 22 heavy (non-hydrogen) atoms. The van der Waals surface area contributed by atoms with E-state index in [2.05, 4.69) is 17.2 Å². The molecule has 0 atom stereocenters. The summed E-state index contributed by atoms with van der Waals surface area (Å²) < 4.78 is 0. The Labute approximate surface area is 130 Å². The molecule has 0 aliphatic heterocycles. The van der Waals surface area contributed by atoms with Gasteiger partial charge >= 0.3 is 0 Å². The predicted molar refractivity (Wildman–Crippen MR) is 89.0 cm³/mol. The molecule has 0 unspecified atom stereocenters. The molecule has 1 aromatic carbocycles. The molecule has 2 N–H and O–H groups in total. The minimum Gasteiger partial charge on any atom is -0.361 e. The number of aromatic amines is 1. The van der Waals surface area contributed by atoms with E-state index < -0.39 is 0 Å². The van der Waals surface area contributed by atoms with Gasteiger partial charge < -0.3 is 10.3 Å². The lowest BCUT2D eigenvalue weighted by atomic mass is 10.1. The third-order valence-electron chi connectivity index (χ3n) is 3.60. The number of rotatable bonds is 7. The molecule has 2 rings (SSSR count). The number of amides is 1. The number of H-pyrrole nitrogens is 1. The number of carbonyl (C=O) groups is 1. The molecule has 1 heterocycles. The van der Waals surface area contributed by atoms with Crippen molar-refractivity contribution in [3.05, 3.63) is 41.6 Å². The van der Waals surface area contributed by atoms with Crippen molar-refractivity contribution >= 4 is 22.9 Å². The number of benzene rings is 1. The second-order valence-corrected chi connectivity index (χ2v) is 5.28. The number of nitrogens with zero attached hydrogens (tertiary/aromatic N) is 1. The number of carbonyl (C=O) groups excluding carboxylic acids is 1. The highest BCUT2D eigenvalue weighted by Crippen LogP contribution is 2.20. The van der Waals surface area contributed by atoms with Crippen molar-refractivity contribution in [2.75, 3.05) is 6.54 Å². The number of para-hydroxylation sites is 1. The summed E-state index contributed by atoms with van der Waals surface area (Å²) in [5.74, 6) is -0.302. The molecule has 0 saturated carbocycles. The van der Waals surface area contributed by atoms with Crippen molar-refractivity contribution < 1.29 is 4.79 Å². The summed E-state index contributed by atoms with van der Waals surface area (Å²) in [5.41, 5.74) is 1.99. The predicted octanol–water partition coefficient (Wildman–Crippen LogP) is 3.77. The van der Waals surface area contributed by atoms with Gasteiger partial charge in [0.2, 0.25) is 0 Å². The molecule has 114 valence electrons. The first-order valence-electron chi connectivity index (χ1n) is 7.72. The van der Waals surface area contributed by atoms with Crippen LogP contribution in [-0.4, -0.2) is 17.4 Å². The standard InChI is InChI=1S/C18H21N3O/c1-2-3-4-7-10-20-18(22)14(12-19)11-15-13-21-17-9-6-5-8-16(15)17/h5-6,8-9,11,13,21H,2-4,7,10H2,1H3,(H,20,22). The number of hydrogen-bond acceptors (Lipinski definition) is 2. The maximum atomic E-state index is 12.1. The lowest BCUT2D eigenvalue weighted by Gasteiger charge is -2.03. The Hall–Kier alpha value is -2.54. The molecule has 0 fully saturated rings. The number of nitrogens with one attached hydrogen (secondary N) is 2. The van der Waals surface area contributed by atoms with Crippen LogP contribution in [0.1, 0.15) is 38.2 Å². The van der Waals surface area contributed by atoms with Gasteiger partial charge in [0.25, 0.3) is 5.91 Å². The van der Waals surface area contributed by atoms with Crippen LogP contribution < -0.4 is 5.32 Å². The molecular formula is C18H21N3O. The molecule has 0 radical (unpaired) electrons. The lowest BCUT2D eigenvalue weighted by Crippen LogP contribution is -2.25. The van der Waals surface area contributed by atoms with Crippen molar-refractivity contribution in [2.45, 2.75) is 32.6 Å². The summed E-state index contributed by atoms with van der Waals surface area (Å²) >= 11 is 0. The average molecular weight is 295 g/mol. The second-order valence-electron chi connectivity index (χ2n) is 5.28. The monoisotopic (exact) mass is 295 g/mol. The van der Waals surface area contributed by atoms with Crippen LogP contribution in [0.15, 0.2) is 36.0 Å². The zero-order valence-electron chi connectivity index (χ0n) is 12.9. The minimum absolute atomic E-state index is 0.139. The van der Waals surface area contributed by atoms with Crippen molar-refractivity contribution in [3.63, 3.8) is 0 Å². The number of fused-ring (bicyclic) bond motifs is 1. The molecular weight excluding hydrogens is 274 g/mol. The Morgan fingerprint density at radius 1 is 1.32 bits per heavy atom. The van der Waals surface area contributed by atoms with Crippen molar-refractivity contribution in [3.8, 4) is 6.07 Å². The van der Waals surface area contributed by atoms with Crippen molar-refractivity contribution in [2.24, 2.45) is 0 Å². The van der Waals surface area contributed by atoms with E-state index in [-0.39, 0.29) is 11.5 Å². The van der Waals surface area contributed by atoms with E-state index in [1.807, 2.05) is 36.5 Å². The number of hydrogen-bond donors (Lipinski definition) is 2. The van der Waals surface area contributed by atoms with E-state index in [1.165, 1.54) is 6.42 Å². The van der Waals surface area contributed by atoms with Crippen LogP contribution in [0, 0.1) is 11.3 Å². The summed E-state index contributed by atoms with van der Waals surface area (Å²) in [6.07, 6.45) is 7.84. The van der Waals surface area contributed by atoms with Gasteiger partial charge in [-0.25, -0.2) is 0 Å². The highest BCUT2D eigenvalue weighted by Gasteiger charge is 2.09. The van der Waals surface area contributed by atoms with Gasteiger partial charge in [-0.3, -0.25) is 4.79 Å². The third-order valence-corrected chi connectivity index (χ3v) is 3.60. The fourth-order valence-electron chi connectivity index (χ4n) is 2.37. The minimum atomic E-state index is -0.302. The Kier molecular flexibility index (Phi) is 5.79. The summed E-state index contributed by atoms with van der Waals surface area (Å²) in [6, 6.07) is 9.81. The van der Waals surface area contributed by atoms with E-state index >= 15 is 0 Å². The maximum Gasteiger partial charge on any atom is 0.261 e. The van der Waals surface area contributed by atoms with Crippen LogP contribution in [-0.2, 0) is 4.79 Å². The van der Waals surface area contributed by atoms with E-state index in [0.29, 0.717) is 6.54 Å². The second kappa shape index (κ2) is 8.04. The summed E-state index contributed by atoms with van der Waals surface area (Å²) in [7, 11) is 0. The van der Waals surface area contributed by atoms with Crippen molar-refractivity contribution in [1.82, 2.24) is 10.3 Å². The average Bonchev–Trinajstić information content (AvgIpc) is 2.95. The third kappa shape index (κ3) is 3.98. The van der Waals surface area contributed by atoms with Crippen molar-refractivity contribution in [1.29, 1.82) is 5.26 Å². The van der Waals surface area contributed by atoms with Gasteiger partial charge in [-0.05, 0) is 18.6 Å². The molecule has 1 amide bonds. The quantitative estimate of drug-likeness (QED) is 0.464. The summed E-state index contributed by atoms with van der Waals surface area (Å²) in [5, 5.41) is 13.0. The highest BCUT2D eigenvalue weighted by atomic mass is 16.1. The van der Waals surface area contributed by atoms with E-state index in [9.17, 15) is 10.1 Å². The topological polar surface area (TPSA) is 68.7 Å². The van der Waals surface area contributed by atoms with E-state index in [1.54, 1.807) is 6.08 Å². The largest absolute Gasteiger partial charge is 0.361 e. The van der Waals surface area contributed by atoms with Crippen LogP contribution in [0.4, 0.5) is 0 Å². The van der Waals surface area contributed by atoms with Gasteiger partial charge in [-0.15, -0.1) is 0 Å². The van der Waals surface area contributed by atoms with Crippen LogP contribution in [0.25, 0.3) is 17.0 Å². The first kappa shape index (κ1) is 15.8. The summed E-state index contributed by atoms with van der Waals surface area (Å²) in [4.78, 5) is 15.2. The van der Waals surface area contributed by atoms with Gasteiger partial charge in [0.1, 0.15) is 11.6 Å².